The van der Waals surface area contributed by atoms with Gasteiger partial charge in [0.15, 0.2) is 6.10 Å². The number of aromatic amines is 1. The number of amides is 1. The van der Waals surface area contributed by atoms with Crippen LogP contribution in [0, 0.1) is 0 Å². The number of hydrogen-bond donors (Lipinski definition) is 1. The Kier molecular flexibility index (Phi) is 5.38. The Balaban J connectivity index is 1.85. The fourth-order valence-corrected chi connectivity index (χ4v) is 3.05. The predicted octanol–water partition coefficient (Wildman–Crippen LogP) is 2.96. The van der Waals surface area contributed by atoms with Gasteiger partial charge in [-0.2, -0.15) is 0 Å². The van der Waals surface area contributed by atoms with Crippen LogP contribution in [-0.2, 0) is 4.74 Å². The minimum absolute atomic E-state index is 0.0334. The first-order valence-electron chi connectivity index (χ1n) is 9.08. The van der Waals surface area contributed by atoms with Gasteiger partial charge in [-0.05, 0) is 20.8 Å². The molecule has 0 saturated carbocycles. The van der Waals surface area contributed by atoms with Crippen LogP contribution in [0.25, 0.3) is 10.9 Å². The molecule has 3 rings (SSSR count). The number of carbonyl (C=O) groups excluding carboxylic acids is 1. The van der Waals surface area contributed by atoms with Crippen LogP contribution in [-0.4, -0.2) is 58.8 Å². The van der Waals surface area contributed by atoms with Gasteiger partial charge in [-0.1, -0.05) is 0 Å². The molecular weight excluding hydrogens is 388 g/mol. The van der Waals surface area contributed by atoms with Gasteiger partial charge in [-0.15, -0.1) is 0 Å². The molecular formula is C19H23F2N3O5. The molecule has 29 heavy (non-hydrogen) atoms. The Morgan fingerprint density at radius 1 is 1.34 bits per heavy atom. The van der Waals surface area contributed by atoms with Gasteiger partial charge in [0.2, 0.25) is 0 Å². The molecule has 1 saturated heterocycles. The van der Waals surface area contributed by atoms with Crippen molar-refractivity contribution in [3.8, 4) is 11.5 Å². The van der Waals surface area contributed by atoms with E-state index in [9.17, 15) is 18.4 Å². The smallest absolute Gasteiger partial charge is 0.410 e. The first-order valence-corrected chi connectivity index (χ1v) is 9.08. The summed E-state index contributed by atoms with van der Waals surface area (Å²) in [7, 11) is 1.41. The van der Waals surface area contributed by atoms with E-state index in [1.807, 2.05) is 0 Å². The third-order valence-electron chi connectivity index (χ3n) is 4.37. The lowest BCUT2D eigenvalue weighted by atomic mass is 10.0. The van der Waals surface area contributed by atoms with Gasteiger partial charge in [0.05, 0.1) is 25.5 Å². The number of methoxy groups -OCH3 is 1. The summed E-state index contributed by atoms with van der Waals surface area (Å²) in [6, 6.07) is 2.89. The van der Waals surface area contributed by atoms with Gasteiger partial charge in [0, 0.05) is 25.1 Å². The van der Waals surface area contributed by atoms with Gasteiger partial charge >= 0.3 is 12.0 Å². The van der Waals surface area contributed by atoms with Crippen LogP contribution in [0.1, 0.15) is 27.2 Å². The second-order valence-corrected chi connectivity index (χ2v) is 7.81. The minimum Gasteiger partial charge on any atom is -0.497 e. The highest BCUT2D eigenvalue weighted by Gasteiger charge is 2.48. The van der Waals surface area contributed by atoms with E-state index in [1.165, 1.54) is 25.6 Å². The molecule has 1 N–H and O–H groups in total. The third-order valence-corrected chi connectivity index (χ3v) is 4.37. The Labute approximate surface area is 165 Å². The lowest BCUT2D eigenvalue weighted by molar-refractivity contribution is -0.137. The van der Waals surface area contributed by atoms with Gasteiger partial charge in [0.25, 0.3) is 5.56 Å². The van der Waals surface area contributed by atoms with Gasteiger partial charge in [-0.3, -0.25) is 4.79 Å². The summed E-state index contributed by atoms with van der Waals surface area (Å²) < 4.78 is 45.4. The maximum absolute atomic E-state index is 14.8. The molecule has 2 aromatic rings. The molecule has 0 spiro atoms. The quantitative estimate of drug-likeness (QED) is 0.835. The summed E-state index contributed by atoms with van der Waals surface area (Å²) in [5.74, 6) is -3.08. The number of likely N-dealkylation sites (tertiary alicyclic amines) is 1. The van der Waals surface area contributed by atoms with Crippen LogP contribution < -0.4 is 15.0 Å². The summed E-state index contributed by atoms with van der Waals surface area (Å²) in [6.45, 7) is 4.18. The standard InChI is InChI=1S/C19H23F2N3O5/c1-18(2,3)29-17(26)24-6-5-14(19(20,21)9-24)28-13-8-11(27-4)7-12-15(13)16(25)23-10-22-12/h7-8,10,14H,5-6,9H2,1-4H3,(H,22,23,25). The van der Waals surface area contributed by atoms with Crippen molar-refractivity contribution in [2.75, 3.05) is 20.2 Å². The largest absolute Gasteiger partial charge is 0.497 e. The molecule has 0 radical (unpaired) electrons. The van der Waals surface area contributed by atoms with E-state index in [0.717, 1.165) is 4.90 Å². The highest BCUT2D eigenvalue weighted by Crippen LogP contribution is 2.35. The molecule has 1 atom stereocenters. The monoisotopic (exact) mass is 411 g/mol. The number of fused-ring (bicyclic) bond motifs is 1. The van der Waals surface area contributed by atoms with Crippen molar-refractivity contribution in [1.29, 1.82) is 0 Å². The number of hydrogen-bond acceptors (Lipinski definition) is 6. The van der Waals surface area contributed by atoms with Crippen molar-refractivity contribution in [1.82, 2.24) is 14.9 Å². The van der Waals surface area contributed by atoms with Crippen LogP contribution in [0.2, 0.25) is 0 Å². The molecule has 10 heteroatoms. The Morgan fingerprint density at radius 2 is 2.07 bits per heavy atom. The van der Waals surface area contributed by atoms with Gasteiger partial charge in [0.1, 0.15) is 22.5 Å². The fourth-order valence-electron chi connectivity index (χ4n) is 3.05. The molecule has 0 aliphatic carbocycles. The molecule has 1 aliphatic heterocycles. The van der Waals surface area contributed by atoms with E-state index in [0.29, 0.717) is 5.75 Å². The number of H-pyrrole nitrogens is 1. The van der Waals surface area contributed by atoms with Crippen molar-refractivity contribution in [3.05, 3.63) is 28.8 Å². The van der Waals surface area contributed by atoms with Crippen LogP contribution in [0.3, 0.4) is 0 Å². The highest BCUT2D eigenvalue weighted by atomic mass is 19.3. The van der Waals surface area contributed by atoms with E-state index < -0.39 is 35.8 Å². The maximum atomic E-state index is 14.8. The number of carbonyl (C=O) groups is 1. The van der Waals surface area contributed by atoms with E-state index in [-0.39, 0.29) is 29.6 Å². The Hall–Kier alpha value is -2.91. The summed E-state index contributed by atoms with van der Waals surface area (Å²) in [4.78, 5) is 31.7. The lowest BCUT2D eigenvalue weighted by Crippen LogP contribution is -2.56. The second kappa shape index (κ2) is 7.49. The average molecular weight is 411 g/mol. The van der Waals surface area contributed by atoms with Crippen LogP contribution in [0.5, 0.6) is 11.5 Å². The molecule has 1 aliphatic rings. The summed E-state index contributed by atoms with van der Waals surface area (Å²) in [6.07, 6.45) is -1.26. The lowest BCUT2D eigenvalue weighted by Gasteiger charge is -2.38. The maximum Gasteiger partial charge on any atom is 0.410 e. The minimum atomic E-state index is -3.35. The van der Waals surface area contributed by atoms with Gasteiger partial charge in [-0.25, -0.2) is 18.6 Å². The number of aromatic nitrogens is 2. The van der Waals surface area contributed by atoms with E-state index in [1.54, 1.807) is 20.8 Å². The number of rotatable bonds is 3. The average Bonchev–Trinajstić information content (AvgIpc) is 2.61. The molecule has 2 heterocycles. The van der Waals surface area contributed by atoms with E-state index in [2.05, 4.69) is 9.97 Å². The Morgan fingerprint density at radius 3 is 2.69 bits per heavy atom. The van der Waals surface area contributed by atoms with Crippen molar-refractivity contribution in [2.24, 2.45) is 0 Å². The van der Waals surface area contributed by atoms with Crippen molar-refractivity contribution in [3.63, 3.8) is 0 Å². The van der Waals surface area contributed by atoms with E-state index >= 15 is 0 Å². The summed E-state index contributed by atoms with van der Waals surface area (Å²) in [5.41, 5.74) is -1.03. The second-order valence-electron chi connectivity index (χ2n) is 7.81. The SMILES string of the molecule is COc1cc(OC2CCN(C(=O)OC(C)(C)C)CC2(F)F)c2c(=O)[nH]cnc2c1. The number of benzene rings is 1. The number of ether oxygens (including phenoxy) is 3. The normalized spacial score (nSPS) is 19.1. The zero-order valence-electron chi connectivity index (χ0n) is 16.6. The zero-order valence-corrected chi connectivity index (χ0v) is 16.6. The molecule has 1 fully saturated rings. The van der Waals surface area contributed by atoms with Crippen LogP contribution >= 0.6 is 0 Å². The molecule has 1 amide bonds. The summed E-state index contributed by atoms with van der Waals surface area (Å²) in [5, 5.41) is 0.0543. The fraction of sp³-hybridized carbons (Fsp3) is 0.526. The van der Waals surface area contributed by atoms with Crippen LogP contribution in [0.4, 0.5) is 13.6 Å². The first-order chi connectivity index (χ1) is 13.5. The zero-order chi connectivity index (χ0) is 21.4. The molecule has 158 valence electrons. The molecule has 1 unspecified atom stereocenters. The number of nitrogens with zero attached hydrogens (tertiary/aromatic N) is 2. The predicted molar refractivity (Wildman–Crippen MR) is 101 cm³/mol. The van der Waals surface area contributed by atoms with Crippen molar-refractivity contribution in [2.45, 2.75) is 44.8 Å². The number of alkyl halides is 2. The molecule has 8 nitrogen and oxygen atoms in total. The topological polar surface area (TPSA) is 93.7 Å². The van der Waals surface area contributed by atoms with Crippen molar-refractivity contribution >= 4 is 17.0 Å². The van der Waals surface area contributed by atoms with E-state index in [4.69, 9.17) is 14.2 Å². The number of nitrogens with one attached hydrogen (secondary N) is 1. The number of halogens is 2. The Bertz CT molecular complexity index is 970. The molecule has 1 aromatic carbocycles. The van der Waals surface area contributed by atoms with Crippen LogP contribution in [0.15, 0.2) is 23.3 Å². The van der Waals surface area contributed by atoms with Gasteiger partial charge < -0.3 is 24.1 Å². The third kappa shape index (κ3) is 4.57. The summed E-state index contributed by atoms with van der Waals surface area (Å²) >= 11 is 0. The molecule has 1 aromatic heterocycles. The highest BCUT2D eigenvalue weighted by molar-refractivity contribution is 5.85. The first kappa shape index (κ1) is 20.8. The number of piperidine rings is 1. The van der Waals surface area contributed by atoms with Crippen molar-refractivity contribution < 1.29 is 27.8 Å². The molecule has 0 bridgehead atoms.